The number of hydrogen-bond acceptors (Lipinski definition) is 2. The molecule has 0 saturated carbocycles. The minimum atomic E-state index is -0.565. The first kappa shape index (κ1) is 13.6. The number of halogens is 1. The van der Waals surface area contributed by atoms with Crippen LogP contribution in [0, 0.1) is 13.1 Å². The van der Waals surface area contributed by atoms with Crippen molar-refractivity contribution in [2.24, 2.45) is 5.73 Å². The van der Waals surface area contributed by atoms with Gasteiger partial charge in [-0.05, 0) is 41.6 Å². The third-order valence-electron chi connectivity index (χ3n) is 3.45. The third kappa shape index (κ3) is 2.36. The normalized spacial score (nSPS) is 10.8. The van der Waals surface area contributed by atoms with Crippen molar-refractivity contribution in [2.75, 3.05) is 0 Å². The van der Waals surface area contributed by atoms with Crippen molar-refractivity contribution in [3.63, 3.8) is 0 Å². The van der Waals surface area contributed by atoms with Crippen LogP contribution in [-0.4, -0.2) is 10.9 Å². The van der Waals surface area contributed by atoms with Crippen molar-refractivity contribution < 1.29 is 4.79 Å². The van der Waals surface area contributed by atoms with Gasteiger partial charge in [-0.25, -0.2) is 4.98 Å². The molecule has 3 aromatic rings. The number of nitrogens with zero attached hydrogens (tertiary/aromatic N) is 1. The number of pyridine rings is 1. The smallest absolute Gasteiger partial charge is 0.267 e. The minimum Gasteiger partial charge on any atom is -0.364 e. The van der Waals surface area contributed by atoms with E-state index in [1.54, 1.807) is 6.07 Å². The van der Waals surface area contributed by atoms with Gasteiger partial charge in [0.05, 0.1) is 6.20 Å². The van der Waals surface area contributed by atoms with Crippen molar-refractivity contribution in [2.45, 2.75) is 6.92 Å². The van der Waals surface area contributed by atoms with Gasteiger partial charge in [0, 0.05) is 16.0 Å². The van der Waals surface area contributed by atoms with Crippen LogP contribution >= 0.6 is 11.6 Å². The SMILES string of the molecule is Cc1cccc(Cl)c1-c1ccc2c[c]nc(C(N)=O)c2c1. The third-order valence-corrected chi connectivity index (χ3v) is 3.76. The molecule has 0 fully saturated rings. The second-order valence-corrected chi connectivity index (χ2v) is 5.24. The minimum absolute atomic E-state index is 0.221. The topological polar surface area (TPSA) is 56.0 Å². The molecule has 4 heteroatoms. The Morgan fingerprint density at radius 1 is 1.29 bits per heavy atom. The molecule has 0 aliphatic rings. The maximum Gasteiger partial charge on any atom is 0.267 e. The van der Waals surface area contributed by atoms with E-state index < -0.39 is 5.91 Å². The number of aryl methyl sites for hydroxylation is 1. The first-order valence-corrected chi connectivity index (χ1v) is 6.82. The quantitative estimate of drug-likeness (QED) is 0.782. The lowest BCUT2D eigenvalue weighted by Gasteiger charge is -2.10. The molecular weight excluding hydrogens is 284 g/mol. The number of aromatic nitrogens is 1. The van der Waals surface area contributed by atoms with Gasteiger partial charge in [-0.3, -0.25) is 4.79 Å². The van der Waals surface area contributed by atoms with E-state index in [2.05, 4.69) is 11.2 Å². The number of rotatable bonds is 2. The van der Waals surface area contributed by atoms with Gasteiger partial charge in [-0.15, -0.1) is 0 Å². The second-order valence-electron chi connectivity index (χ2n) is 4.83. The Morgan fingerprint density at radius 2 is 2.10 bits per heavy atom. The zero-order chi connectivity index (χ0) is 15.0. The Labute approximate surface area is 127 Å². The van der Waals surface area contributed by atoms with Crippen molar-refractivity contribution in [3.8, 4) is 11.1 Å². The number of fused-ring (bicyclic) bond motifs is 1. The molecule has 0 atom stereocenters. The average molecular weight is 296 g/mol. The van der Waals surface area contributed by atoms with Crippen LogP contribution in [0.25, 0.3) is 21.9 Å². The van der Waals surface area contributed by atoms with Gasteiger partial charge in [0.1, 0.15) is 5.69 Å². The Balaban J connectivity index is 2.31. The highest BCUT2D eigenvalue weighted by molar-refractivity contribution is 6.33. The van der Waals surface area contributed by atoms with Gasteiger partial charge < -0.3 is 5.73 Å². The van der Waals surface area contributed by atoms with Crippen LogP contribution < -0.4 is 5.73 Å². The Hall–Kier alpha value is -2.39. The van der Waals surface area contributed by atoms with E-state index in [4.69, 9.17) is 17.3 Å². The lowest BCUT2D eigenvalue weighted by molar-refractivity contribution is 0.0997. The van der Waals surface area contributed by atoms with Gasteiger partial charge in [-0.2, -0.15) is 0 Å². The Bertz CT molecular complexity index is 838. The molecule has 0 bridgehead atoms. The maximum absolute atomic E-state index is 11.5. The maximum atomic E-state index is 11.5. The molecule has 0 spiro atoms. The van der Waals surface area contributed by atoms with Crippen molar-refractivity contribution in [3.05, 3.63) is 64.9 Å². The predicted octanol–water partition coefficient (Wildman–Crippen LogP) is 3.76. The van der Waals surface area contributed by atoms with Crippen molar-refractivity contribution in [1.82, 2.24) is 4.98 Å². The van der Waals surface area contributed by atoms with E-state index in [-0.39, 0.29) is 5.69 Å². The summed E-state index contributed by atoms with van der Waals surface area (Å²) in [7, 11) is 0. The summed E-state index contributed by atoms with van der Waals surface area (Å²) in [6, 6.07) is 13.3. The number of carbonyl (C=O) groups excluding carboxylic acids is 1. The van der Waals surface area contributed by atoms with Crippen molar-refractivity contribution in [1.29, 1.82) is 0 Å². The monoisotopic (exact) mass is 295 g/mol. The summed E-state index contributed by atoms with van der Waals surface area (Å²) in [4.78, 5) is 15.5. The van der Waals surface area contributed by atoms with Crippen LogP contribution in [0.5, 0.6) is 0 Å². The van der Waals surface area contributed by atoms with Crippen LogP contribution in [0.2, 0.25) is 5.02 Å². The van der Waals surface area contributed by atoms with Crippen molar-refractivity contribution >= 4 is 28.3 Å². The highest BCUT2D eigenvalue weighted by Gasteiger charge is 2.12. The molecular formula is C17H12ClN2O. The number of hydrogen-bond donors (Lipinski definition) is 1. The first-order chi connectivity index (χ1) is 10.1. The Morgan fingerprint density at radius 3 is 2.81 bits per heavy atom. The van der Waals surface area contributed by atoms with Gasteiger partial charge in [0.15, 0.2) is 0 Å². The summed E-state index contributed by atoms with van der Waals surface area (Å²) in [6.45, 7) is 2.00. The fourth-order valence-electron chi connectivity index (χ4n) is 2.45. The molecule has 2 N–H and O–H groups in total. The van der Waals surface area contributed by atoms with E-state index in [9.17, 15) is 4.79 Å². The largest absolute Gasteiger partial charge is 0.364 e. The van der Waals surface area contributed by atoms with Crippen LogP contribution in [0.15, 0.2) is 42.5 Å². The van der Waals surface area contributed by atoms with E-state index in [1.807, 2.05) is 43.3 Å². The van der Waals surface area contributed by atoms with E-state index >= 15 is 0 Å². The summed E-state index contributed by atoms with van der Waals surface area (Å²) < 4.78 is 0. The molecule has 1 amide bonds. The number of nitrogens with two attached hydrogens (primary N) is 1. The fraction of sp³-hybridized carbons (Fsp3) is 0.0588. The molecule has 0 unspecified atom stereocenters. The molecule has 0 aliphatic carbocycles. The summed E-state index contributed by atoms with van der Waals surface area (Å²) in [6.07, 6.45) is 2.69. The lowest BCUT2D eigenvalue weighted by atomic mass is 9.97. The van der Waals surface area contributed by atoms with Crippen LogP contribution in [-0.2, 0) is 0 Å². The number of amides is 1. The molecule has 1 aromatic heterocycles. The summed E-state index contributed by atoms with van der Waals surface area (Å²) >= 11 is 6.30. The molecule has 3 nitrogen and oxygen atoms in total. The summed E-state index contributed by atoms with van der Waals surface area (Å²) in [5, 5.41) is 2.25. The van der Waals surface area contributed by atoms with Gasteiger partial charge in [0.2, 0.25) is 0 Å². The number of benzene rings is 2. The number of primary amides is 1. The predicted molar refractivity (Wildman–Crippen MR) is 84.3 cm³/mol. The zero-order valence-corrected chi connectivity index (χ0v) is 12.1. The molecule has 2 aromatic carbocycles. The molecule has 1 radical (unpaired) electrons. The molecule has 0 aliphatic heterocycles. The van der Waals surface area contributed by atoms with E-state index in [1.165, 1.54) is 0 Å². The summed E-state index contributed by atoms with van der Waals surface area (Å²) in [5.41, 5.74) is 8.55. The first-order valence-electron chi connectivity index (χ1n) is 6.44. The summed E-state index contributed by atoms with van der Waals surface area (Å²) in [5.74, 6) is -0.565. The second kappa shape index (κ2) is 5.19. The van der Waals surface area contributed by atoms with Gasteiger partial charge in [-0.1, -0.05) is 35.9 Å². The highest BCUT2D eigenvalue weighted by Crippen LogP contribution is 2.33. The fourth-order valence-corrected chi connectivity index (χ4v) is 2.79. The number of carbonyl (C=O) groups is 1. The zero-order valence-electron chi connectivity index (χ0n) is 11.4. The lowest BCUT2D eigenvalue weighted by Crippen LogP contribution is -2.13. The van der Waals surface area contributed by atoms with Crippen LogP contribution in [0.1, 0.15) is 16.1 Å². The molecule has 21 heavy (non-hydrogen) atoms. The Kier molecular flexibility index (Phi) is 3.35. The molecule has 3 rings (SSSR count). The van der Waals surface area contributed by atoms with E-state index in [0.717, 1.165) is 22.1 Å². The van der Waals surface area contributed by atoms with Gasteiger partial charge in [0.25, 0.3) is 5.91 Å². The van der Waals surface area contributed by atoms with Gasteiger partial charge >= 0.3 is 0 Å². The van der Waals surface area contributed by atoms with Crippen LogP contribution in [0.4, 0.5) is 0 Å². The average Bonchev–Trinajstić information content (AvgIpc) is 2.46. The van der Waals surface area contributed by atoms with Crippen LogP contribution in [0.3, 0.4) is 0 Å². The molecule has 0 saturated heterocycles. The molecule has 1 heterocycles. The highest BCUT2D eigenvalue weighted by atomic mass is 35.5. The molecule has 103 valence electrons. The van der Waals surface area contributed by atoms with E-state index in [0.29, 0.717) is 10.4 Å². The standard InChI is InChI=1S/C17H12ClN2O/c1-10-3-2-4-14(18)15(10)12-6-5-11-7-8-20-16(17(19)21)13(11)9-12/h2-7,9H,1H3,(H2,19,21).